The number of hydrazine groups is 1. The number of carbonyl (C=O) groups is 1. The summed E-state index contributed by atoms with van der Waals surface area (Å²) in [5.41, 5.74) is 6.29. The first-order valence-corrected chi connectivity index (χ1v) is 12.4. The predicted molar refractivity (Wildman–Crippen MR) is 117 cm³/mol. The van der Waals surface area contributed by atoms with E-state index in [1.54, 1.807) is 4.90 Å². The smallest absolute Gasteiger partial charge is 0.241 e. The van der Waals surface area contributed by atoms with Crippen molar-refractivity contribution in [3.8, 4) is 0 Å². The van der Waals surface area contributed by atoms with Crippen molar-refractivity contribution in [2.75, 3.05) is 6.54 Å². The summed E-state index contributed by atoms with van der Waals surface area (Å²) in [7, 11) is 0. The Balaban J connectivity index is 1.46. The minimum absolute atomic E-state index is 0.00522. The van der Waals surface area contributed by atoms with Crippen LogP contribution in [0.1, 0.15) is 59.3 Å². The summed E-state index contributed by atoms with van der Waals surface area (Å²) >= 11 is 0. The summed E-state index contributed by atoms with van der Waals surface area (Å²) in [6.07, 6.45) is -0.196. The van der Waals surface area contributed by atoms with Crippen molar-refractivity contribution in [2.24, 2.45) is 17.8 Å². The number of hydrogen-bond donors (Lipinski definition) is 5. The lowest BCUT2D eigenvalue weighted by Crippen LogP contribution is -2.56. The molecule has 9 heteroatoms. The molecule has 12 atom stereocenters. The number of hydrogen-bond acceptors (Lipinski definition) is 6. The molecule has 2 heterocycles. The Morgan fingerprint density at radius 1 is 1.06 bits per heavy atom. The summed E-state index contributed by atoms with van der Waals surface area (Å²) < 4.78 is 28.8. The van der Waals surface area contributed by atoms with Crippen LogP contribution in [0.4, 0.5) is 8.78 Å². The molecule has 4 fully saturated rings. The van der Waals surface area contributed by atoms with Crippen LogP contribution in [0.15, 0.2) is 0 Å². The molecule has 2 saturated carbocycles. The van der Waals surface area contributed by atoms with Gasteiger partial charge in [-0.25, -0.2) is 14.2 Å². The summed E-state index contributed by atoms with van der Waals surface area (Å²) in [5.74, 6) is -0.0116. The molecule has 0 aromatic rings. The van der Waals surface area contributed by atoms with Crippen LogP contribution in [0.3, 0.4) is 0 Å². The van der Waals surface area contributed by atoms with Gasteiger partial charge in [0.1, 0.15) is 18.4 Å². The van der Waals surface area contributed by atoms with E-state index in [4.69, 9.17) is 0 Å². The van der Waals surface area contributed by atoms with Crippen molar-refractivity contribution < 1.29 is 23.8 Å². The number of carbonyl (C=O) groups excluding carboxylic acids is 1. The number of likely N-dealkylation sites (tertiary alicyclic amines) is 1. The van der Waals surface area contributed by atoms with E-state index in [1.165, 1.54) is 0 Å². The predicted octanol–water partition coefficient (Wildman–Crippen LogP) is 1.04. The number of amides is 1. The van der Waals surface area contributed by atoms with Gasteiger partial charge in [0.2, 0.25) is 5.91 Å². The number of aliphatic hydroxyl groups is 2. The molecule has 32 heavy (non-hydrogen) atoms. The molecule has 1 amide bonds. The van der Waals surface area contributed by atoms with Gasteiger partial charge in [-0.1, -0.05) is 6.92 Å². The van der Waals surface area contributed by atoms with Gasteiger partial charge in [0.25, 0.3) is 0 Å². The molecule has 4 rings (SSSR count). The summed E-state index contributed by atoms with van der Waals surface area (Å²) in [5, 5.41) is 23.5. The minimum Gasteiger partial charge on any atom is -0.390 e. The van der Waals surface area contributed by atoms with Crippen molar-refractivity contribution in [3.05, 3.63) is 0 Å². The van der Waals surface area contributed by atoms with Crippen LogP contribution in [0.5, 0.6) is 0 Å². The van der Waals surface area contributed by atoms with Crippen LogP contribution in [0, 0.1) is 17.8 Å². The molecular formula is C23H40F2N4O3. The Bertz CT molecular complexity index is 663. The second-order valence-corrected chi connectivity index (χ2v) is 10.9. The Kier molecular flexibility index (Phi) is 7.41. The average molecular weight is 459 g/mol. The number of halogens is 2. The Morgan fingerprint density at radius 3 is 2.47 bits per heavy atom. The molecule has 0 radical (unpaired) electrons. The van der Waals surface area contributed by atoms with Crippen LogP contribution in [-0.4, -0.2) is 82.3 Å². The number of nitrogens with zero attached hydrogens (tertiary/aromatic N) is 1. The molecule has 5 N–H and O–H groups in total. The van der Waals surface area contributed by atoms with Gasteiger partial charge in [-0.15, -0.1) is 0 Å². The molecule has 0 aromatic heterocycles. The second kappa shape index (κ2) is 9.78. The third-order valence-corrected chi connectivity index (χ3v) is 8.37. The zero-order chi connectivity index (χ0) is 23.2. The van der Waals surface area contributed by atoms with E-state index in [1.807, 2.05) is 20.8 Å². The van der Waals surface area contributed by atoms with Gasteiger partial charge in [-0.2, -0.15) is 0 Å². The Hall–Kier alpha value is -0.870. The normalized spacial score (nSPS) is 48.3. The summed E-state index contributed by atoms with van der Waals surface area (Å²) in [4.78, 5) is 15.3. The maximum absolute atomic E-state index is 14.5. The van der Waals surface area contributed by atoms with Crippen molar-refractivity contribution >= 4 is 5.91 Å². The first kappa shape index (κ1) is 24.3. The molecule has 0 spiro atoms. The van der Waals surface area contributed by atoms with Gasteiger partial charge < -0.3 is 20.4 Å². The molecule has 7 nitrogen and oxygen atoms in total. The number of rotatable bonds is 5. The summed E-state index contributed by atoms with van der Waals surface area (Å²) in [6, 6.07) is -1.14. The maximum atomic E-state index is 14.5. The second-order valence-electron chi connectivity index (χ2n) is 10.9. The molecule has 2 saturated heterocycles. The van der Waals surface area contributed by atoms with E-state index < -0.39 is 30.6 Å². The van der Waals surface area contributed by atoms with Gasteiger partial charge in [-0.05, 0) is 57.8 Å². The number of nitrogens with one attached hydrogen (secondary N) is 3. The zero-order valence-electron chi connectivity index (χ0n) is 19.4. The molecule has 2 aliphatic carbocycles. The quantitative estimate of drug-likeness (QED) is 0.423. The summed E-state index contributed by atoms with van der Waals surface area (Å²) in [6.45, 7) is 6.09. The fourth-order valence-electron chi connectivity index (χ4n) is 6.82. The lowest BCUT2D eigenvalue weighted by molar-refractivity contribution is -0.137. The van der Waals surface area contributed by atoms with Crippen LogP contribution < -0.4 is 16.2 Å². The highest BCUT2D eigenvalue weighted by Crippen LogP contribution is 2.39. The highest BCUT2D eigenvalue weighted by molar-refractivity contribution is 5.83. The fraction of sp³-hybridized carbons (Fsp3) is 0.957. The Labute approximate surface area is 189 Å². The monoisotopic (exact) mass is 458 g/mol. The first-order chi connectivity index (χ1) is 15.2. The minimum atomic E-state index is -1.07. The number of alkyl halides is 2. The van der Waals surface area contributed by atoms with Gasteiger partial charge in [-0.3, -0.25) is 10.2 Å². The molecule has 0 aromatic carbocycles. The molecule has 7 unspecified atom stereocenters. The molecule has 0 bridgehead atoms. The van der Waals surface area contributed by atoms with E-state index in [0.717, 1.165) is 6.42 Å². The largest absolute Gasteiger partial charge is 0.390 e. The van der Waals surface area contributed by atoms with Crippen molar-refractivity contribution in [3.63, 3.8) is 0 Å². The fourth-order valence-corrected chi connectivity index (χ4v) is 6.82. The van der Waals surface area contributed by atoms with E-state index in [2.05, 4.69) is 16.2 Å². The standard InChI is InChI=1S/C23H40F2N4O3/c1-11-6-14(8-15(24)7-11)18-9-16(25)10-29(18)23(32)21-20(13(3)27-28-21)12(2)26-17-4-5-19(30)22(17)31/h11-22,26-28,30-31H,4-10H2,1-3H3/t11?,12?,13?,14?,15?,16-,17+,18+,19+,20?,21?,22-/m0/s1. The van der Waals surface area contributed by atoms with Crippen LogP contribution in [0.25, 0.3) is 0 Å². The first-order valence-electron chi connectivity index (χ1n) is 12.4. The number of aliphatic hydroxyl groups excluding tert-OH is 2. The van der Waals surface area contributed by atoms with E-state index >= 15 is 0 Å². The van der Waals surface area contributed by atoms with Gasteiger partial charge in [0.05, 0.1) is 18.8 Å². The lowest BCUT2D eigenvalue weighted by Gasteiger charge is -2.39. The lowest BCUT2D eigenvalue weighted by atomic mass is 9.76. The van der Waals surface area contributed by atoms with Crippen molar-refractivity contribution in [1.82, 2.24) is 21.1 Å². The zero-order valence-corrected chi connectivity index (χ0v) is 19.4. The highest BCUT2D eigenvalue weighted by Gasteiger charge is 2.49. The van der Waals surface area contributed by atoms with Crippen molar-refractivity contribution in [2.45, 2.75) is 114 Å². The molecule has 2 aliphatic heterocycles. The van der Waals surface area contributed by atoms with E-state index in [0.29, 0.717) is 25.7 Å². The average Bonchev–Trinajstić information content (AvgIpc) is 3.39. The maximum Gasteiger partial charge on any atom is 0.241 e. The highest BCUT2D eigenvalue weighted by atomic mass is 19.1. The van der Waals surface area contributed by atoms with Gasteiger partial charge >= 0.3 is 0 Å². The van der Waals surface area contributed by atoms with Crippen LogP contribution >= 0.6 is 0 Å². The molecular weight excluding hydrogens is 418 g/mol. The van der Waals surface area contributed by atoms with Crippen molar-refractivity contribution in [1.29, 1.82) is 0 Å². The molecule has 4 aliphatic rings. The van der Waals surface area contributed by atoms with Gasteiger partial charge in [0, 0.05) is 36.5 Å². The third-order valence-electron chi connectivity index (χ3n) is 8.37. The molecule has 184 valence electrons. The van der Waals surface area contributed by atoms with E-state index in [-0.39, 0.29) is 60.8 Å². The SMILES string of the molecule is CC1CC(F)CC([C@H]2C[C@H](F)CN2C(=O)C2NNC(C)C2C(C)N[C@@H]2CC[C@@H](O)[C@H]2O)C1. The van der Waals surface area contributed by atoms with E-state index in [9.17, 15) is 23.8 Å². The Morgan fingerprint density at radius 2 is 1.81 bits per heavy atom. The van der Waals surface area contributed by atoms with Gasteiger partial charge in [0.15, 0.2) is 0 Å². The van der Waals surface area contributed by atoms with Crippen LogP contribution in [-0.2, 0) is 4.79 Å². The van der Waals surface area contributed by atoms with Crippen LogP contribution in [0.2, 0.25) is 0 Å². The topological polar surface area (TPSA) is 96.9 Å². The third kappa shape index (κ3) is 4.82.